The van der Waals surface area contributed by atoms with Crippen molar-refractivity contribution in [2.24, 2.45) is 0 Å². The fourth-order valence-electron chi connectivity index (χ4n) is 4.38. The molecule has 29 heavy (non-hydrogen) atoms. The number of hydrogen-bond donors (Lipinski definition) is 1. The third-order valence-corrected chi connectivity index (χ3v) is 5.96. The van der Waals surface area contributed by atoms with Gasteiger partial charge in [-0.1, -0.05) is 42.5 Å². The molecule has 2 aliphatic rings. The third kappa shape index (κ3) is 4.85. The molecular weight excluding hydrogens is 362 g/mol. The molecule has 2 heterocycles. The number of nitrogens with zero attached hydrogens (tertiary/aromatic N) is 2. The first-order valence-electron chi connectivity index (χ1n) is 10.6. The Hall–Kier alpha value is -2.66. The molecule has 2 aromatic carbocycles. The zero-order valence-electron chi connectivity index (χ0n) is 16.8. The van der Waals surface area contributed by atoms with Crippen molar-refractivity contribution in [3.05, 3.63) is 71.3 Å². The highest BCUT2D eigenvalue weighted by Gasteiger charge is 2.24. The van der Waals surface area contributed by atoms with E-state index in [1.54, 1.807) is 0 Å². The molecule has 0 radical (unpaired) electrons. The van der Waals surface area contributed by atoms with Gasteiger partial charge in [0.2, 0.25) is 5.91 Å². The standard InChI is InChI=1S/C24H29N3O2/c28-23-12-7-15-27(23)18-19-8-6-11-21(16-19)24(29)25-17-22(26-13-4-5-14-26)20-9-2-1-3-10-20/h1-3,6,8-11,16,22H,4-5,7,12-15,17-18H2,(H,25,29). The van der Waals surface area contributed by atoms with Crippen LogP contribution in [0.15, 0.2) is 54.6 Å². The van der Waals surface area contributed by atoms with E-state index >= 15 is 0 Å². The van der Waals surface area contributed by atoms with Crippen LogP contribution in [-0.4, -0.2) is 47.8 Å². The van der Waals surface area contributed by atoms with Crippen LogP contribution in [0.3, 0.4) is 0 Å². The summed E-state index contributed by atoms with van der Waals surface area (Å²) in [7, 11) is 0. The van der Waals surface area contributed by atoms with E-state index < -0.39 is 0 Å². The minimum absolute atomic E-state index is 0.0558. The fraction of sp³-hybridized carbons (Fsp3) is 0.417. The molecule has 2 saturated heterocycles. The van der Waals surface area contributed by atoms with E-state index in [1.165, 1.54) is 18.4 Å². The van der Waals surface area contributed by atoms with Crippen molar-refractivity contribution in [2.75, 3.05) is 26.2 Å². The Morgan fingerprint density at radius 3 is 2.48 bits per heavy atom. The highest BCUT2D eigenvalue weighted by molar-refractivity contribution is 5.94. The lowest BCUT2D eigenvalue weighted by Crippen LogP contribution is -2.36. The molecule has 1 atom stereocenters. The molecule has 2 aliphatic heterocycles. The van der Waals surface area contributed by atoms with Gasteiger partial charge < -0.3 is 10.2 Å². The Labute approximate surface area is 172 Å². The van der Waals surface area contributed by atoms with E-state index in [2.05, 4.69) is 34.5 Å². The van der Waals surface area contributed by atoms with Gasteiger partial charge in [-0.2, -0.15) is 0 Å². The molecule has 1 unspecified atom stereocenters. The van der Waals surface area contributed by atoms with Gasteiger partial charge in [-0.3, -0.25) is 14.5 Å². The summed E-state index contributed by atoms with van der Waals surface area (Å²) in [6.07, 6.45) is 4.00. The molecule has 2 aromatic rings. The van der Waals surface area contributed by atoms with Crippen LogP contribution >= 0.6 is 0 Å². The minimum Gasteiger partial charge on any atom is -0.350 e. The van der Waals surface area contributed by atoms with Crippen molar-refractivity contribution in [2.45, 2.75) is 38.3 Å². The maximum Gasteiger partial charge on any atom is 0.251 e. The zero-order valence-corrected chi connectivity index (χ0v) is 16.8. The predicted octanol–water partition coefficient (Wildman–Crippen LogP) is 3.38. The maximum atomic E-state index is 12.8. The molecule has 152 valence electrons. The Bertz CT molecular complexity index is 846. The van der Waals surface area contributed by atoms with Gasteiger partial charge in [0.1, 0.15) is 0 Å². The van der Waals surface area contributed by atoms with Crippen LogP contribution in [0.4, 0.5) is 0 Å². The van der Waals surface area contributed by atoms with Gasteiger partial charge in [0, 0.05) is 31.6 Å². The van der Waals surface area contributed by atoms with Gasteiger partial charge in [-0.05, 0) is 55.6 Å². The van der Waals surface area contributed by atoms with Gasteiger partial charge >= 0.3 is 0 Å². The monoisotopic (exact) mass is 391 g/mol. The number of carbonyl (C=O) groups is 2. The SMILES string of the molecule is O=C(NCC(c1ccccc1)N1CCCC1)c1cccc(CN2CCCC2=O)c1. The van der Waals surface area contributed by atoms with Gasteiger partial charge in [-0.15, -0.1) is 0 Å². The Morgan fingerprint density at radius 2 is 1.76 bits per heavy atom. The van der Waals surface area contributed by atoms with E-state index in [9.17, 15) is 9.59 Å². The summed E-state index contributed by atoms with van der Waals surface area (Å²) < 4.78 is 0. The summed E-state index contributed by atoms with van der Waals surface area (Å²) in [5.74, 6) is 0.149. The zero-order chi connectivity index (χ0) is 20.1. The summed E-state index contributed by atoms with van der Waals surface area (Å²) in [6.45, 7) is 4.14. The lowest BCUT2D eigenvalue weighted by molar-refractivity contribution is -0.128. The summed E-state index contributed by atoms with van der Waals surface area (Å²) in [6, 6.07) is 18.3. The molecule has 5 heteroatoms. The van der Waals surface area contributed by atoms with Crippen molar-refractivity contribution in [3.63, 3.8) is 0 Å². The van der Waals surface area contributed by atoms with Crippen molar-refractivity contribution < 1.29 is 9.59 Å². The predicted molar refractivity (Wildman–Crippen MR) is 113 cm³/mol. The summed E-state index contributed by atoms with van der Waals surface area (Å²) in [5, 5.41) is 3.14. The molecular formula is C24H29N3O2. The Balaban J connectivity index is 1.41. The van der Waals surface area contributed by atoms with Crippen molar-refractivity contribution >= 4 is 11.8 Å². The lowest BCUT2D eigenvalue weighted by atomic mass is 10.0. The summed E-state index contributed by atoms with van der Waals surface area (Å²) in [5.41, 5.74) is 2.91. The molecule has 5 nitrogen and oxygen atoms in total. The van der Waals surface area contributed by atoms with Gasteiger partial charge in [-0.25, -0.2) is 0 Å². The number of nitrogens with one attached hydrogen (secondary N) is 1. The smallest absolute Gasteiger partial charge is 0.251 e. The minimum atomic E-state index is -0.0558. The number of rotatable bonds is 7. The second-order valence-corrected chi connectivity index (χ2v) is 8.00. The number of amides is 2. The van der Waals surface area contributed by atoms with E-state index in [0.717, 1.165) is 31.6 Å². The van der Waals surface area contributed by atoms with Crippen molar-refractivity contribution in [3.8, 4) is 0 Å². The van der Waals surface area contributed by atoms with Crippen molar-refractivity contribution in [1.82, 2.24) is 15.1 Å². The molecule has 0 aromatic heterocycles. The Kier molecular flexibility index (Phi) is 6.25. The Morgan fingerprint density at radius 1 is 0.966 bits per heavy atom. The molecule has 0 saturated carbocycles. The van der Waals surface area contributed by atoms with Crippen LogP contribution in [0.5, 0.6) is 0 Å². The third-order valence-electron chi connectivity index (χ3n) is 5.96. The first-order valence-corrected chi connectivity index (χ1v) is 10.6. The number of hydrogen-bond acceptors (Lipinski definition) is 3. The van der Waals surface area contributed by atoms with Crippen LogP contribution < -0.4 is 5.32 Å². The molecule has 2 amide bonds. The second-order valence-electron chi connectivity index (χ2n) is 8.00. The fourth-order valence-corrected chi connectivity index (χ4v) is 4.38. The largest absolute Gasteiger partial charge is 0.350 e. The molecule has 0 bridgehead atoms. The normalized spacial score (nSPS) is 18.2. The molecule has 2 fully saturated rings. The first kappa shape index (κ1) is 19.6. The van der Waals surface area contributed by atoms with Crippen LogP contribution in [0.2, 0.25) is 0 Å². The van der Waals surface area contributed by atoms with E-state index in [-0.39, 0.29) is 17.9 Å². The van der Waals surface area contributed by atoms with E-state index in [0.29, 0.717) is 25.1 Å². The highest BCUT2D eigenvalue weighted by Crippen LogP contribution is 2.24. The number of benzene rings is 2. The summed E-state index contributed by atoms with van der Waals surface area (Å²) >= 11 is 0. The second kappa shape index (κ2) is 9.23. The summed E-state index contributed by atoms with van der Waals surface area (Å²) in [4.78, 5) is 29.1. The molecule has 4 rings (SSSR count). The topological polar surface area (TPSA) is 52.7 Å². The first-order chi connectivity index (χ1) is 14.2. The number of likely N-dealkylation sites (tertiary alicyclic amines) is 2. The van der Waals surface area contributed by atoms with Gasteiger partial charge in [0.25, 0.3) is 5.91 Å². The lowest BCUT2D eigenvalue weighted by Gasteiger charge is -2.28. The van der Waals surface area contributed by atoms with Crippen LogP contribution in [0.1, 0.15) is 53.2 Å². The van der Waals surface area contributed by atoms with Crippen LogP contribution in [-0.2, 0) is 11.3 Å². The van der Waals surface area contributed by atoms with Gasteiger partial charge in [0.15, 0.2) is 0 Å². The average Bonchev–Trinajstić information content (AvgIpc) is 3.42. The van der Waals surface area contributed by atoms with Crippen LogP contribution in [0.25, 0.3) is 0 Å². The van der Waals surface area contributed by atoms with Crippen LogP contribution in [0, 0.1) is 0 Å². The quantitative estimate of drug-likeness (QED) is 0.787. The molecule has 1 N–H and O–H groups in total. The van der Waals surface area contributed by atoms with E-state index in [1.807, 2.05) is 35.2 Å². The van der Waals surface area contributed by atoms with E-state index in [4.69, 9.17) is 0 Å². The average molecular weight is 392 g/mol. The maximum absolute atomic E-state index is 12.8. The molecule has 0 spiro atoms. The van der Waals surface area contributed by atoms with Crippen molar-refractivity contribution in [1.29, 1.82) is 0 Å². The number of carbonyl (C=O) groups excluding carboxylic acids is 2. The highest BCUT2D eigenvalue weighted by atomic mass is 16.2. The molecule has 0 aliphatic carbocycles. The van der Waals surface area contributed by atoms with Gasteiger partial charge in [0.05, 0.1) is 6.04 Å².